The summed E-state index contributed by atoms with van der Waals surface area (Å²) in [7, 11) is 0. The van der Waals surface area contributed by atoms with Crippen molar-refractivity contribution in [3.8, 4) is 0 Å². The van der Waals surface area contributed by atoms with Crippen LogP contribution >= 0.6 is 0 Å². The zero-order chi connectivity index (χ0) is 21.7. The molecule has 0 bridgehead atoms. The van der Waals surface area contributed by atoms with Gasteiger partial charge in [0.2, 0.25) is 0 Å². The number of aromatic amines is 1. The Bertz CT molecular complexity index is 901. The smallest absolute Gasteiger partial charge is 0.861 e. The van der Waals surface area contributed by atoms with Crippen LogP contribution in [0.4, 0.5) is 0 Å². The van der Waals surface area contributed by atoms with E-state index in [4.69, 9.17) is 9.84 Å². The fraction of sp³-hybridized carbons (Fsp3) is 0.562. The number of carbonyl (C=O) groups is 2. The number of rotatable bonds is 9. The molecule has 1 aliphatic heterocycles. The summed E-state index contributed by atoms with van der Waals surface area (Å²) >= 11 is 0. The molecule has 3 N–H and O–H groups in total. The summed E-state index contributed by atoms with van der Waals surface area (Å²) in [5.41, 5.74) is -0.972. The first kappa shape index (κ1) is 30.0. The third-order valence-electron chi connectivity index (χ3n) is 4.18. The summed E-state index contributed by atoms with van der Waals surface area (Å²) in [4.78, 5) is 51.4. The maximum absolute atomic E-state index is 11.9. The first-order chi connectivity index (χ1) is 13.6. The van der Waals surface area contributed by atoms with Gasteiger partial charge in [0.1, 0.15) is 12.3 Å². The van der Waals surface area contributed by atoms with E-state index in [0.717, 1.165) is 9.47 Å². The van der Waals surface area contributed by atoms with Gasteiger partial charge in [0.25, 0.3) is 5.56 Å². The normalized spacial score (nSPS) is 20.7. The molecule has 1 aromatic heterocycles. The molecule has 15 heteroatoms. The van der Waals surface area contributed by atoms with Crippen LogP contribution in [0.15, 0.2) is 20.8 Å². The molecule has 13 nitrogen and oxygen atoms in total. The number of hydrogen-bond donors (Lipinski definition) is 3. The molecule has 0 amide bonds. The van der Waals surface area contributed by atoms with Crippen LogP contribution in [0.25, 0.3) is 0 Å². The Hall–Kier alpha value is -1.03. The van der Waals surface area contributed by atoms with E-state index in [2.05, 4.69) is 9.98 Å². The molecule has 0 unspecified atom stereocenters. The number of aliphatic hydroxyl groups excluding tert-OH is 1. The predicted octanol–water partition coefficient (Wildman–Crippen LogP) is -10.6. The molecule has 3 atom stereocenters. The van der Waals surface area contributed by atoms with Crippen LogP contribution in [0.1, 0.15) is 18.2 Å². The molecule has 1 aliphatic rings. The molecule has 0 aliphatic carbocycles. The summed E-state index contributed by atoms with van der Waals surface area (Å²) in [6, 6.07) is 0. The fourth-order valence-corrected chi connectivity index (χ4v) is 2.82. The molecular weight excluding hydrogens is 438 g/mol. The average molecular weight is 458 g/mol. The Labute approximate surface area is 220 Å². The van der Waals surface area contributed by atoms with Crippen molar-refractivity contribution in [1.82, 2.24) is 14.5 Å². The second kappa shape index (κ2) is 13.5. The first-order valence-corrected chi connectivity index (χ1v) is 8.56. The summed E-state index contributed by atoms with van der Waals surface area (Å²) in [5.74, 6) is -3.67. The maximum Gasteiger partial charge on any atom is 1.00 e. The molecule has 1 fully saturated rings. The van der Waals surface area contributed by atoms with E-state index < -0.39 is 67.2 Å². The van der Waals surface area contributed by atoms with Crippen molar-refractivity contribution in [1.29, 1.82) is 0 Å². The third kappa shape index (κ3) is 9.16. The number of aromatic nitrogens is 2. The maximum atomic E-state index is 11.9. The van der Waals surface area contributed by atoms with Gasteiger partial charge in [0, 0.05) is 31.3 Å². The van der Waals surface area contributed by atoms with E-state index in [1.165, 1.54) is 13.1 Å². The molecule has 160 valence electrons. The molecule has 2 rings (SSSR count). The summed E-state index contributed by atoms with van der Waals surface area (Å²) in [5, 5.41) is 41.4. The number of carboxylic acids is 2. The Balaban J connectivity index is 0.00000450. The summed E-state index contributed by atoms with van der Waals surface area (Å²) < 4.78 is 6.67. The molecule has 0 radical (unpaired) electrons. The van der Waals surface area contributed by atoms with Gasteiger partial charge in [-0.3, -0.25) is 24.0 Å². The Morgan fingerprint density at radius 2 is 1.94 bits per heavy atom. The number of aliphatic hydroxyl groups is 1. The quantitative estimate of drug-likeness (QED) is 0.181. The second-order valence-corrected chi connectivity index (χ2v) is 6.56. The number of aryl methyl sites for hydroxylation is 1. The third-order valence-corrected chi connectivity index (χ3v) is 4.18. The second-order valence-electron chi connectivity index (χ2n) is 6.56. The molecule has 1 saturated heterocycles. The first-order valence-electron chi connectivity index (χ1n) is 8.56. The molecule has 31 heavy (non-hydrogen) atoms. The van der Waals surface area contributed by atoms with Gasteiger partial charge in [-0.05, 0) is 12.8 Å². The Morgan fingerprint density at radius 3 is 2.52 bits per heavy atom. The largest absolute Gasteiger partial charge is 1.00 e. The van der Waals surface area contributed by atoms with Gasteiger partial charge in [-0.1, -0.05) is 0 Å². The van der Waals surface area contributed by atoms with Crippen molar-refractivity contribution < 1.29 is 93.9 Å². The zero-order valence-corrected chi connectivity index (χ0v) is 21.4. The summed E-state index contributed by atoms with van der Waals surface area (Å²) in [6.07, 6.45) is -1.51. The van der Waals surface area contributed by atoms with Gasteiger partial charge >= 0.3 is 70.8 Å². The van der Waals surface area contributed by atoms with Crippen LogP contribution in [-0.2, 0) is 14.3 Å². The van der Waals surface area contributed by atoms with Crippen molar-refractivity contribution in [3.05, 3.63) is 32.6 Å². The minimum absolute atomic E-state index is 0. The van der Waals surface area contributed by atoms with Gasteiger partial charge in [-0.2, -0.15) is 0 Å². The van der Waals surface area contributed by atoms with E-state index >= 15 is 0 Å². The Morgan fingerprint density at radius 1 is 1.29 bits per heavy atom. The van der Waals surface area contributed by atoms with Gasteiger partial charge in [-0.25, -0.2) is 4.79 Å². The molecule has 1 aromatic rings. The predicted molar refractivity (Wildman–Crippen MR) is 92.0 cm³/mol. The molecule has 0 aromatic carbocycles. The average Bonchev–Trinajstić information content (AvgIpc) is 2.95. The van der Waals surface area contributed by atoms with Gasteiger partial charge in [0.05, 0.1) is 25.2 Å². The minimum Gasteiger partial charge on any atom is -0.861 e. The van der Waals surface area contributed by atoms with Gasteiger partial charge in [-0.15, -0.1) is 0 Å². The molecule has 0 saturated carbocycles. The number of aliphatic carboxylic acids is 2. The van der Waals surface area contributed by atoms with E-state index in [1.54, 1.807) is 0 Å². The van der Waals surface area contributed by atoms with Crippen LogP contribution in [0, 0.1) is 6.92 Å². The number of nitrogens with one attached hydrogen (secondary N) is 1. The molecular formula is C16H20N4Na2O9. The SMILES string of the molecule is Cc1cn([C@H]2C[C@H](O)[C@@H](CN=C([O-])CN(CC(=O)[O-])CC(=O)O)O2)c(=O)[nH]c1=O.[Na+].[Na+]. The van der Waals surface area contributed by atoms with Gasteiger partial charge in [0.15, 0.2) is 0 Å². The Kier molecular flexibility index (Phi) is 13.1. The van der Waals surface area contributed by atoms with Crippen molar-refractivity contribution in [2.45, 2.75) is 31.8 Å². The summed E-state index contributed by atoms with van der Waals surface area (Å²) in [6.45, 7) is -0.785. The van der Waals surface area contributed by atoms with Crippen molar-refractivity contribution in [3.63, 3.8) is 0 Å². The van der Waals surface area contributed by atoms with Gasteiger partial charge < -0.3 is 34.9 Å². The van der Waals surface area contributed by atoms with Crippen molar-refractivity contribution in [2.24, 2.45) is 4.99 Å². The van der Waals surface area contributed by atoms with Crippen LogP contribution in [-0.4, -0.2) is 80.9 Å². The van der Waals surface area contributed by atoms with Crippen LogP contribution in [0.2, 0.25) is 0 Å². The number of nitrogens with zero attached hydrogens (tertiary/aromatic N) is 3. The molecule has 2 heterocycles. The fourth-order valence-electron chi connectivity index (χ4n) is 2.82. The number of hydrogen-bond acceptors (Lipinski definition) is 10. The number of H-pyrrole nitrogens is 1. The van der Waals surface area contributed by atoms with Crippen molar-refractivity contribution >= 4 is 17.8 Å². The van der Waals surface area contributed by atoms with E-state index in [1.807, 2.05) is 0 Å². The van der Waals surface area contributed by atoms with E-state index in [0.29, 0.717) is 0 Å². The number of carboxylic acid groups (broad SMARTS) is 2. The van der Waals surface area contributed by atoms with E-state index in [9.17, 15) is 34.5 Å². The number of ether oxygens (including phenoxy) is 1. The minimum atomic E-state index is -1.54. The van der Waals surface area contributed by atoms with Crippen LogP contribution in [0.3, 0.4) is 0 Å². The van der Waals surface area contributed by atoms with Crippen LogP contribution < -0.4 is 80.6 Å². The zero-order valence-electron chi connectivity index (χ0n) is 17.4. The number of aliphatic imine (C=N–C) groups is 1. The topological polar surface area (TPSA) is 200 Å². The molecule has 0 spiro atoms. The van der Waals surface area contributed by atoms with E-state index in [-0.39, 0.29) is 77.6 Å². The number of carbonyl (C=O) groups excluding carboxylic acids is 1. The standard InChI is InChI=1S/C16H22N4O9.2Na/c1-8-4-20(16(28)18-15(8)27)12-2-9(21)10(29-12)3-17-11(22)5-19(6-13(23)24)7-14(25)26;;/h4,9-10,12,21H,2-3,5-7H2,1H3,(H,17,22)(H,23,24)(H,25,26)(H,18,27,28);;/q;2*+1/p-2/t9-,10+,12+;;/m0../s1. The van der Waals surface area contributed by atoms with Crippen LogP contribution in [0.5, 0.6) is 0 Å². The van der Waals surface area contributed by atoms with Crippen molar-refractivity contribution in [2.75, 3.05) is 26.2 Å². The monoisotopic (exact) mass is 458 g/mol.